The molecular weight excluding hydrogens is 336 g/mol. The zero-order valence-electron chi connectivity index (χ0n) is 15.0. The van der Waals surface area contributed by atoms with Gasteiger partial charge in [-0.25, -0.2) is 0 Å². The molecule has 3 rings (SSSR count). The third kappa shape index (κ3) is 5.77. The Morgan fingerprint density at radius 3 is 1.54 bits per heavy atom. The molecule has 0 spiro atoms. The van der Waals surface area contributed by atoms with E-state index in [0.717, 1.165) is 26.2 Å². The predicted molar refractivity (Wildman–Crippen MR) is 96.5 cm³/mol. The van der Waals surface area contributed by atoms with Gasteiger partial charge in [-0.2, -0.15) is 0 Å². The van der Waals surface area contributed by atoms with E-state index in [1.807, 2.05) is 24.3 Å². The lowest BCUT2D eigenvalue weighted by atomic mass is 10.2. The van der Waals surface area contributed by atoms with E-state index in [-0.39, 0.29) is 11.8 Å². The number of nitrogens with one attached hydrogen (secondary N) is 4. The molecule has 0 atom stereocenters. The summed E-state index contributed by atoms with van der Waals surface area (Å²) in [5.74, 6) is -0.107. The topological polar surface area (TPSA) is 85.5 Å². The van der Waals surface area contributed by atoms with Crippen LogP contribution in [0.3, 0.4) is 0 Å². The Morgan fingerprint density at radius 1 is 0.769 bits per heavy atom. The van der Waals surface area contributed by atoms with E-state index in [2.05, 4.69) is 10.6 Å². The first-order valence-electron chi connectivity index (χ1n) is 9.22. The fraction of sp³-hybridized carbons (Fsp3) is 0.556. The molecule has 1 aromatic rings. The SMILES string of the molecule is O=C(C[NH+]1CCOCC1)Nc1ccccc1NC(=O)C[NH+]1CCOCC1. The minimum atomic E-state index is -0.0533. The summed E-state index contributed by atoms with van der Waals surface area (Å²) < 4.78 is 10.6. The lowest BCUT2D eigenvalue weighted by Gasteiger charge is -2.24. The summed E-state index contributed by atoms with van der Waals surface area (Å²) in [5, 5.41) is 5.85. The van der Waals surface area contributed by atoms with Crippen LogP contribution in [0.2, 0.25) is 0 Å². The van der Waals surface area contributed by atoms with Gasteiger partial charge in [0.05, 0.1) is 37.8 Å². The van der Waals surface area contributed by atoms with E-state index in [0.29, 0.717) is 50.9 Å². The number of hydrogen-bond donors (Lipinski definition) is 4. The zero-order valence-corrected chi connectivity index (χ0v) is 15.0. The van der Waals surface area contributed by atoms with Gasteiger partial charge in [-0.1, -0.05) is 12.1 Å². The Bertz CT molecular complexity index is 560. The summed E-state index contributed by atoms with van der Waals surface area (Å²) in [6, 6.07) is 7.31. The van der Waals surface area contributed by atoms with Crippen LogP contribution in [0.25, 0.3) is 0 Å². The smallest absolute Gasteiger partial charge is 0.279 e. The fourth-order valence-corrected chi connectivity index (χ4v) is 3.22. The van der Waals surface area contributed by atoms with E-state index in [1.54, 1.807) is 0 Å². The summed E-state index contributed by atoms with van der Waals surface area (Å²) in [4.78, 5) is 27.1. The predicted octanol–water partition coefficient (Wildman–Crippen LogP) is -2.61. The molecule has 2 heterocycles. The molecule has 2 fully saturated rings. The zero-order chi connectivity index (χ0) is 18.2. The third-order valence-electron chi connectivity index (χ3n) is 4.70. The number of carbonyl (C=O) groups is 2. The Morgan fingerprint density at radius 2 is 1.15 bits per heavy atom. The van der Waals surface area contributed by atoms with E-state index in [9.17, 15) is 9.59 Å². The second-order valence-electron chi connectivity index (χ2n) is 6.72. The standard InChI is InChI=1S/C18H26N4O4/c23-17(13-21-5-9-25-10-6-21)19-15-3-1-2-4-16(15)20-18(24)14-22-7-11-26-12-8-22/h1-4H,5-14H2,(H,19,23)(H,20,24)/p+2. The summed E-state index contributed by atoms with van der Waals surface area (Å²) in [6.45, 7) is 6.95. The van der Waals surface area contributed by atoms with Gasteiger partial charge < -0.3 is 29.9 Å². The lowest BCUT2D eigenvalue weighted by Crippen LogP contribution is -3.15. The van der Waals surface area contributed by atoms with Gasteiger partial charge in [0.15, 0.2) is 13.1 Å². The molecule has 0 unspecified atom stereocenters. The molecule has 1 aromatic carbocycles. The second kappa shape index (κ2) is 9.63. The van der Waals surface area contributed by atoms with Crippen molar-refractivity contribution in [3.05, 3.63) is 24.3 Å². The quantitative estimate of drug-likeness (QED) is 0.446. The second-order valence-corrected chi connectivity index (χ2v) is 6.72. The number of anilines is 2. The van der Waals surface area contributed by atoms with Gasteiger partial charge in [0.2, 0.25) is 0 Å². The monoisotopic (exact) mass is 364 g/mol. The van der Waals surface area contributed by atoms with E-state index in [4.69, 9.17) is 9.47 Å². The fourth-order valence-electron chi connectivity index (χ4n) is 3.22. The van der Waals surface area contributed by atoms with Crippen molar-refractivity contribution in [1.29, 1.82) is 0 Å². The van der Waals surface area contributed by atoms with Gasteiger partial charge in [-0.15, -0.1) is 0 Å². The molecule has 2 amide bonds. The average molecular weight is 364 g/mol. The maximum atomic E-state index is 12.3. The van der Waals surface area contributed by atoms with Gasteiger partial charge in [0.1, 0.15) is 26.2 Å². The van der Waals surface area contributed by atoms with Crippen LogP contribution in [0.4, 0.5) is 11.4 Å². The van der Waals surface area contributed by atoms with Gasteiger partial charge >= 0.3 is 0 Å². The van der Waals surface area contributed by atoms with Crippen LogP contribution in [0.5, 0.6) is 0 Å². The number of hydrogen-bond acceptors (Lipinski definition) is 4. The highest BCUT2D eigenvalue weighted by atomic mass is 16.5. The highest BCUT2D eigenvalue weighted by Crippen LogP contribution is 2.20. The third-order valence-corrected chi connectivity index (χ3v) is 4.70. The average Bonchev–Trinajstić information content (AvgIpc) is 2.65. The number of morpholine rings is 2. The van der Waals surface area contributed by atoms with E-state index in [1.165, 1.54) is 9.80 Å². The molecule has 4 N–H and O–H groups in total. The molecule has 0 aromatic heterocycles. The van der Waals surface area contributed by atoms with Crippen molar-refractivity contribution >= 4 is 23.2 Å². The van der Waals surface area contributed by atoms with Gasteiger partial charge in [-0.3, -0.25) is 9.59 Å². The minimum Gasteiger partial charge on any atom is -0.370 e. The summed E-state index contributed by atoms with van der Waals surface area (Å²) in [7, 11) is 0. The van der Waals surface area contributed by atoms with Crippen LogP contribution in [-0.2, 0) is 19.1 Å². The summed E-state index contributed by atoms with van der Waals surface area (Å²) >= 11 is 0. The summed E-state index contributed by atoms with van der Waals surface area (Å²) in [5.41, 5.74) is 1.27. The van der Waals surface area contributed by atoms with Crippen LogP contribution in [0, 0.1) is 0 Å². The maximum absolute atomic E-state index is 12.3. The molecule has 8 heteroatoms. The lowest BCUT2D eigenvalue weighted by molar-refractivity contribution is -0.899. The van der Waals surface area contributed by atoms with Gasteiger partial charge in [0.25, 0.3) is 11.8 Å². The number of quaternary nitrogens is 2. The number of carbonyl (C=O) groups excluding carboxylic acids is 2. The number of benzene rings is 1. The molecule has 2 aliphatic rings. The number of para-hydroxylation sites is 2. The van der Waals surface area contributed by atoms with Crippen molar-refractivity contribution in [3.8, 4) is 0 Å². The van der Waals surface area contributed by atoms with Crippen LogP contribution >= 0.6 is 0 Å². The van der Waals surface area contributed by atoms with Crippen LogP contribution < -0.4 is 20.4 Å². The molecule has 0 aliphatic carbocycles. The summed E-state index contributed by atoms with van der Waals surface area (Å²) in [6.07, 6.45) is 0. The molecule has 2 aliphatic heterocycles. The Balaban J connectivity index is 1.53. The van der Waals surface area contributed by atoms with Gasteiger partial charge in [-0.05, 0) is 12.1 Å². The largest absolute Gasteiger partial charge is 0.370 e. The van der Waals surface area contributed by atoms with E-state index >= 15 is 0 Å². The Labute approximate surface area is 153 Å². The highest BCUT2D eigenvalue weighted by Gasteiger charge is 2.20. The minimum absolute atomic E-state index is 0.0533. The van der Waals surface area contributed by atoms with Gasteiger partial charge in [0, 0.05) is 0 Å². The molecule has 0 bridgehead atoms. The van der Waals surface area contributed by atoms with Crippen molar-refractivity contribution in [2.24, 2.45) is 0 Å². The normalized spacial score (nSPS) is 19.1. The molecule has 142 valence electrons. The molecule has 8 nitrogen and oxygen atoms in total. The maximum Gasteiger partial charge on any atom is 0.279 e. The van der Waals surface area contributed by atoms with Crippen molar-refractivity contribution in [1.82, 2.24) is 0 Å². The van der Waals surface area contributed by atoms with E-state index < -0.39 is 0 Å². The molecular formula is C18H28N4O4+2. The molecule has 0 radical (unpaired) electrons. The molecule has 0 saturated carbocycles. The first-order valence-corrected chi connectivity index (χ1v) is 9.22. The first kappa shape index (κ1) is 18.8. The number of rotatable bonds is 6. The van der Waals surface area contributed by atoms with Crippen LogP contribution in [0.1, 0.15) is 0 Å². The number of ether oxygens (including phenoxy) is 2. The molecule has 26 heavy (non-hydrogen) atoms. The van der Waals surface area contributed by atoms with Crippen molar-refractivity contribution in [3.63, 3.8) is 0 Å². The highest BCUT2D eigenvalue weighted by molar-refractivity contribution is 6.00. The Hall–Kier alpha value is -2.00. The number of amides is 2. The molecule has 2 saturated heterocycles. The Kier molecular flexibility index (Phi) is 6.96. The van der Waals surface area contributed by atoms with Crippen molar-refractivity contribution < 1.29 is 28.9 Å². The van der Waals surface area contributed by atoms with Crippen molar-refractivity contribution in [2.45, 2.75) is 0 Å². The van der Waals surface area contributed by atoms with Crippen molar-refractivity contribution in [2.75, 3.05) is 76.3 Å². The van der Waals surface area contributed by atoms with Crippen LogP contribution in [0.15, 0.2) is 24.3 Å². The van der Waals surface area contributed by atoms with Crippen LogP contribution in [-0.4, -0.2) is 77.5 Å². The first-order chi connectivity index (χ1) is 12.7.